The van der Waals surface area contributed by atoms with Gasteiger partial charge in [-0.25, -0.2) is 12.7 Å². The maximum atomic E-state index is 12.4. The molecule has 1 N–H and O–H groups in total. The number of nitrogens with one attached hydrogen (secondary N) is 1. The van der Waals surface area contributed by atoms with Crippen LogP contribution in [0.4, 0.5) is 0 Å². The topological polar surface area (TPSA) is 75.7 Å². The predicted octanol–water partition coefficient (Wildman–Crippen LogP) is 1.67. The van der Waals surface area contributed by atoms with Crippen LogP contribution >= 0.6 is 0 Å². The molecular formula is C18H28N2O4S. The predicted molar refractivity (Wildman–Crippen MR) is 98.1 cm³/mol. The Hall–Kier alpha value is -1.44. The van der Waals surface area contributed by atoms with Gasteiger partial charge in [-0.1, -0.05) is 25.5 Å². The summed E-state index contributed by atoms with van der Waals surface area (Å²) in [6.45, 7) is 2.83. The van der Waals surface area contributed by atoms with Gasteiger partial charge in [0.1, 0.15) is 0 Å². The lowest BCUT2D eigenvalue weighted by Gasteiger charge is -2.21. The summed E-state index contributed by atoms with van der Waals surface area (Å²) in [7, 11) is -0.302. The monoisotopic (exact) mass is 368 g/mol. The molecule has 1 aliphatic rings. The number of unbranched alkanes of at least 4 members (excludes halogenated alkanes) is 1. The molecule has 6 nitrogen and oxygen atoms in total. The molecule has 0 radical (unpaired) electrons. The van der Waals surface area contributed by atoms with Gasteiger partial charge in [0.05, 0.1) is 25.0 Å². The van der Waals surface area contributed by atoms with E-state index >= 15 is 0 Å². The van der Waals surface area contributed by atoms with Crippen LogP contribution in [0.15, 0.2) is 24.3 Å². The lowest BCUT2D eigenvalue weighted by atomic mass is 10.0. The van der Waals surface area contributed by atoms with Crippen LogP contribution in [0.3, 0.4) is 0 Å². The average Bonchev–Trinajstić information content (AvgIpc) is 2.99. The van der Waals surface area contributed by atoms with E-state index < -0.39 is 10.0 Å². The third-order valence-corrected chi connectivity index (χ3v) is 6.49. The summed E-state index contributed by atoms with van der Waals surface area (Å²) in [5.41, 5.74) is 1.80. The van der Waals surface area contributed by atoms with Gasteiger partial charge < -0.3 is 10.1 Å². The van der Waals surface area contributed by atoms with Gasteiger partial charge in [-0.2, -0.15) is 0 Å². The standard InChI is InChI=1S/C18H28N2O4S/c1-4-5-6-14-7-9-15(10-8-14)18(21)19-17-12-24-11-16(17)13-25(22,23)20(2)3/h7-10,16-17H,4-6,11-13H2,1-3H3,(H,19,21). The highest BCUT2D eigenvalue weighted by Gasteiger charge is 2.34. The molecule has 1 aromatic rings. The third kappa shape index (κ3) is 5.52. The van der Waals surface area contributed by atoms with Gasteiger partial charge in [0, 0.05) is 25.6 Å². The van der Waals surface area contributed by atoms with Crippen molar-refractivity contribution in [2.75, 3.05) is 33.1 Å². The highest BCUT2D eigenvalue weighted by atomic mass is 32.2. The van der Waals surface area contributed by atoms with Gasteiger partial charge in [0.25, 0.3) is 5.91 Å². The van der Waals surface area contributed by atoms with Crippen molar-refractivity contribution in [1.29, 1.82) is 0 Å². The summed E-state index contributed by atoms with van der Waals surface area (Å²) in [4.78, 5) is 12.4. The molecule has 1 heterocycles. The van der Waals surface area contributed by atoms with Gasteiger partial charge in [-0.3, -0.25) is 4.79 Å². The van der Waals surface area contributed by atoms with Gasteiger partial charge in [0.15, 0.2) is 0 Å². The molecule has 2 unspecified atom stereocenters. The molecular weight excluding hydrogens is 340 g/mol. The van der Waals surface area contributed by atoms with Gasteiger partial charge in [-0.15, -0.1) is 0 Å². The highest BCUT2D eigenvalue weighted by Crippen LogP contribution is 2.18. The number of benzene rings is 1. The smallest absolute Gasteiger partial charge is 0.251 e. The van der Waals surface area contributed by atoms with E-state index in [1.54, 1.807) is 0 Å². The second kappa shape index (κ2) is 8.78. The van der Waals surface area contributed by atoms with Crippen molar-refractivity contribution in [3.63, 3.8) is 0 Å². The van der Waals surface area contributed by atoms with Crippen LogP contribution in [0.25, 0.3) is 0 Å². The fourth-order valence-corrected chi connectivity index (χ4v) is 3.97. The Labute approximate surface area is 150 Å². The molecule has 2 rings (SSSR count). The number of hydrogen-bond donors (Lipinski definition) is 1. The van der Waals surface area contributed by atoms with Gasteiger partial charge >= 0.3 is 0 Å². The maximum Gasteiger partial charge on any atom is 0.251 e. The molecule has 7 heteroatoms. The maximum absolute atomic E-state index is 12.4. The van der Waals surface area contributed by atoms with E-state index in [-0.39, 0.29) is 23.6 Å². The number of rotatable bonds is 8. The number of hydrogen-bond acceptors (Lipinski definition) is 4. The minimum atomic E-state index is -3.33. The Kier molecular flexibility index (Phi) is 6.98. The summed E-state index contributed by atoms with van der Waals surface area (Å²) in [5.74, 6) is -0.453. The fraction of sp³-hybridized carbons (Fsp3) is 0.611. The molecule has 25 heavy (non-hydrogen) atoms. The molecule has 0 aliphatic carbocycles. The van der Waals surface area contributed by atoms with Crippen LogP contribution in [0, 0.1) is 5.92 Å². The number of sulfonamides is 1. The summed E-state index contributed by atoms with van der Waals surface area (Å²) >= 11 is 0. The van der Waals surface area contributed by atoms with E-state index in [1.807, 2.05) is 24.3 Å². The quantitative estimate of drug-likeness (QED) is 0.757. The second-order valence-corrected chi connectivity index (χ2v) is 8.97. The molecule has 2 atom stereocenters. The Bertz CT molecular complexity index is 671. The summed E-state index contributed by atoms with van der Waals surface area (Å²) in [5, 5.41) is 2.92. The first-order valence-corrected chi connectivity index (χ1v) is 10.3. The zero-order valence-corrected chi connectivity index (χ0v) is 16.0. The third-order valence-electron chi connectivity index (χ3n) is 4.53. The summed E-state index contributed by atoms with van der Waals surface area (Å²) < 4.78 is 30.7. The van der Waals surface area contributed by atoms with Crippen molar-refractivity contribution in [3.8, 4) is 0 Å². The van der Waals surface area contributed by atoms with E-state index in [9.17, 15) is 13.2 Å². The molecule has 1 aromatic carbocycles. The normalized spacial score (nSPS) is 20.8. The van der Waals surface area contributed by atoms with Crippen molar-refractivity contribution in [2.45, 2.75) is 32.2 Å². The van der Waals surface area contributed by atoms with Crippen LogP contribution in [-0.4, -0.2) is 57.7 Å². The van der Waals surface area contributed by atoms with E-state index in [1.165, 1.54) is 24.0 Å². The fourth-order valence-electron chi connectivity index (χ4n) is 2.80. The summed E-state index contributed by atoms with van der Waals surface area (Å²) in [6, 6.07) is 7.30. The molecule has 0 spiro atoms. The van der Waals surface area contributed by atoms with Crippen molar-refractivity contribution in [2.24, 2.45) is 5.92 Å². The second-order valence-electron chi connectivity index (χ2n) is 6.74. The number of carbonyl (C=O) groups excluding carboxylic acids is 1. The minimum Gasteiger partial charge on any atom is -0.379 e. The number of ether oxygens (including phenoxy) is 1. The van der Waals surface area contributed by atoms with E-state index in [4.69, 9.17) is 4.74 Å². The van der Waals surface area contributed by atoms with E-state index in [0.717, 1.165) is 19.3 Å². The lowest BCUT2D eigenvalue weighted by Crippen LogP contribution is -2.43. The van der Waals surface area contributed by atoms with Crippen molar-refractivity contribution < 1.29 is 17.9 Å². The van der Waals surface area contributed by atoms with Gasteiger partial charge in [0.2, 0.25) is 10.0 Å². The first-order chi connectivity index (χ1) is 11.8. The van der Waals surface area contributed by atoms with Crippen LogP contribution in [-0.2, 0) is 21.2 Å². The molecule has 0 bridgehead atoms. The number of amides is 1. The van der Waals surface area contributed by atoms with Crippen LogP contribution < -0.4 is 5.32 Å². The highest BCUT2D eigenvalue weighted by molar-refractivity contribution is 7.89. The minimum absolute atomic E-state index is 0.0269. The van der Waals surface area contributed by atoms with Crippen LogP contribution in [0.5, 0.6) is 0 Å². The average molecular weight is 368 g/mol. The lowest BCUT2D eigenvalue weighted by molar-refractivity contribution is 0.0926. The van der Waals surface area contributed by atoms with Crippen LogP contribution in [0.2, 0.25) is 0 Å². The molecule has 1 amide bonds. The molecule has 140 valence electrons. The molecule has 1 aliphatic heterocycles. The zero-order valence-electron chi connectivity index (χ0n) is 15.2. The van der Waals surface area contributed by atoms with Crippen molar-refractivity contribution >= 4 is 15.9 Å². The Morgan fingerprint density at radius 1 is 1.24 bits per heavy atom. The Morgan fingerprint density at radius 3 is 2.52 bits per heavy atom. The molecule has 0 saturated carbocycles. The summed E-state index contributed by atoms with van der Waals surface area (Å²) in [6.07, 6.45) is 3.29. The number of carbonyl (C=O) groups is 1. The van der Waals surface area contributed by atoms with Gasteiger partial charge in [-0.05, 0) is 30.5 Å². The molecule has 0 aromatic heterocycles. The largest absolute Gasteiger partial charge is 0.379 e. The number of nitrogens with zero attached hydrogens (tertiary/aromatic N) is 1. The van der Waals surface area contributed by atoms with E-state index in [2.05, 4.69) is 12.2 Å². The molecule has 1 fully saturated rings. The van der Waals surface area contributed by atoms with E-state index in [0.29, 0.717) is 18.8 Å². The SMILES string of the molecule is CCCCc1ccc(C(=O)NC2COCC2CS(=O)(=O)N(C)C)cc1. The first kappa shape index (κ1) is 19.9. The number of aryl methyl sites for hydroxylation is 1. The Balaban J connectivity index is 1.97. The molecule has 1 saturated heterocycles. The van der Waals surface area contributed by atoms with Crippen molar-refractivity contribution in [1.82, 2.24) is 9.62 Å². The first-order valence-electron chi connectivity index (χ1n) is 8.71. The van der Waals surface area contributed by atoms with Crippen molar-refractivity contribution in [3.05, 3.63) is 35.4 Å². The van der Waals surface area contributed by atoms with Crippen LogP contribution in [0.1, 0.15) is 35.7 Å². The zero-order chi connectivity index (χ0) is 18.4. The Morgan fingerprint density at radius 2 is 1.92 bits per heavy atom.